The lowest BCUT2D eigenvalue weighted by Gasteiger charge is -2.21. The monoisotopic (exact) mass is 1590 g/mol. The van der Waals surface area contributed by atoms with Gasteiger partial charge in [0.15, 0.2) is 12.2 Å². The lowest BCUT2D eigenvalue weighted by Crippen LogP contribution is -2.30. The largest absolute Gasteiger partial charge is 0.472 e. The van der Waals surface area contributed by atoms with Gasteiger partial charge in [-0.15, -0.1) is 0 Å². The molecule has 0 aliphatic carbocycles. The van der Waals surface area contributed by atoms with Gasteiger partial charge in [0, 0.05) is 25.7 Å². The van der Waals surface area contributed by atoms with Crippen LogP contribution in [-0.4, -0.2) is 96.7 Å². The molecule has 19 heteroatoms. The number of aliphatic hydroxyl groups excluding tert-OH is 1. The summed E-state index contributed by atoms with van der Waals surface area (Å²) in [5.41, 5.74) is 0. The fraction of sp³-hybridized carbons (Fsp3) is 0.956. The van der Waals surface area contributed by atoms with Crippen LogP contribution in [0.2, 0.25) is 0 Å². The molecule has 0 spiro atoms. The minimum atomic E-state index is -4.97. The first-order valence-corrected chi connectivity index (χ1v) is 49.5. The van der Waals surface area contributed by atoms with Crippen molar-refractivity contribution in [1.82, 2.24) is 0 Å². The number of rotatable bonds is 89. The van der Waals surface area contributed by atoms with E-state index in [1.807, 2.05) is 0 Å². The zero-order valence-corrected chi connectivity index (χ0v) is 73.7. The topological polar surface area (TPSA) is 237 Å². The number of carbonyl (C=O) groups excluding carboxylic acids is 4. The van der Waals surface area contributed by atoms with Crippen molar-refractivity contribution in [2.75, 3.05) is 39.6 Å². The fourth-order valence-corrected chi connectivity index (χ4v) is 15.7. The van der Waals surface area contributed by atoms with Crippen molar-refractivity contribution >= 4 is 39.5 Å². The Morgan fingerprint density at radius 2 is 0.422 bits per heavy atom. The Bertz CT molecular complexity index is 2080. The van der Waals surface area contributed by atoms with E-state index in [0.717, 1.165) is 102 Å². The molecule has 0 aromatic carbocycles. The first kappa shape index (κ1) is 107. The van der Waals surface area contributed by atoms with Crippen molar-refractivity contribution in [2.45, 2.75) is 503 Å². The number of aliphatic hydroxyl groups is 1. The van der Waals surface area contributed by atoms with Crippen LogP contribution in [0.1, 0.15) is 485 Å². The van der Waals surface area contributed by atoms with Gasteiger partial charge >= 0.3 is 39.5 Å². The van der Waals surface area contributed by atoms with E-state index in [4.69, 9.17) is 37.0 Å². The predicted octanol–water partition coefficient (Wildman–Crippen LogP) is 27.8. The molecule has 0 aliphatic heterocycles. The summed E-state index contributed by atoms with van der Waals surface area (Å²) in [5.74, 6) is -0.462. The summed E-state index contributed by atoms with van der Waals surface area (Å²) in [5, 5.41) is 10.7. The molecule has 0 aromatic heterocycles. The van der Waals surface area contributed by atoms with E-state index in [1.54, 1.807) is 0 Å². The molecule has 0 radical (unpaired) electrons. The zero-order valence-electron chi connectivity index (χ0n) is 71.9. The normalized spacial score (nSPS) is 13.8. The standard InChI is InChI=1S/C90H176O17P2/c1-7-9-11-13-15-17-19-20-21-22-26-33-38-44-50-56-62-68-74-89(94)106-85(78-100-87(92)72-66-60-54-48-40-18-16-14-12-10-8-2)80-104-108(96,97)102-76-84(91)77-103-109(98,99)105-81-86(79-101-88(93)73-67-61-55-49-43-37-32-29-28-31-36-42-47-53-59-65-71-83(5)6)107-90(95)75-69-63-57-51-45-39-34-27-24-23-25-30-35-41-46-52-58-64-70-82(3)4/h82-86,91H,7-81H2,1-6H3,(H,96,97)(H,98,99)/t84-,85+,86+/m0/s1. The van der Waals surface area contributed by atoms with Crippen LogP contribution in [0.3, 0.4) is 0 Å². The van der Waals surface area contributed by atoms with Gasteiger partial charge in [0.25, 0.3) is 0 Å². The quantitative estimate of drug-likeness (QED) is 0.0222. The van der Waals surface area contributed by atoms with Crippen LogP contribution >= 0.6 is 15.6 Å². The number of phosphoric acid groups is 2. The highest BCUT2D eigenvalue weighted by Crippen LogP contribution is 2.45. The molecule has 0 rings (SSSR count). The summed E-state index contributed by atoms with van der Waals surface area (Å²) in [6.45, 7) is 9.77. The Kier molecular flexibility index (Phi) is 79.8. The van der Waals surface area contributed by atoms with Gasteiger partial charge in [-0.1, -0.05) is 433 Å². The number of phosphoric ester groups is 2. The molecule has 648 valence electrons. The van der Waals surface area contributed by atoms with Gasteiger partial charge < -0.3 is 33.8 Å². The Labute approximate surface area is 670 Å². The Balaban J connectivity index is 5.23. The van der Waals surface area contributed by atoms with E-state index in [2.05, 4.69) is 41.5 Å². The van der Waals surface area contributed by atoms with Crippen LogP contribution in [0, 0.1) is 11.8 Å². The molecule has 2 unspecified atom stereocenters. The molecular formula is C90H176O17P2. The van der Waals surface area contributed by atoms with Gasteiger partial charge in [0.1, 0.15) is 19.3 Å². The minimum absolute atomic E-state index is 0.109. The fourth-order valence-electron chi connectivity index (χ4n) is 14.1. The first-order chi connectivity index (χ1) is 52.9. The summed E-state index contributed by atoms with van der Waals surface area (Å²) in [7, 11) is -9.93. The van der Waals surface area contributed by atoms with Gasteiger partial charge in [0.05, 0.1) is 26.4 Å². The predicted molar refractivity (Wildman–Crippen MR) is 451 cm³/mol. The molecule has 0 amide bonds. The zero-order chi connectivity index (χ0) is 79.9. The van der Waals surface area contributed by atoms with Crippen molar-refractivity contribution in [3.63, 3.8) is 0 Å². The molecule has 0 fully saturated rings. The minimum Gasteiger partial charge on any atom is -0.462 e. The summed E-state index contributed by atoms with van der Waals surface area (Å²) in [6, 6.07) is 0. The number of unbranched alkanes of at least 4 members (excludes halogenated alkanes) is 59. The van der Waals surface area contributed by atoms with Crippen molar-refractivity contribution < 1.29 is 80.2 Å². The Hall–Kier alpha value is -1.94. The Morgan fingerprint density at radius 1 is 0.248 bits per heavy atom. The van der Waals surface area contributed by atoms with Crippen LogP contribution in [0.15, 0.2) is 0 Å². The van der Waals surface area contributed by atoms with E-state index < -0.39 is 97.5 Å². The summed E-state index contributed by atoms with van der Waals surface area (Å²) >= 11 is 0. The second-order valence-electron chi connectivity index (χ2n) is 33.3. The molecule has 0 aromatic rings. The molecule has 3 N–H and O–H groups in total. The molecule has 0 aliphatic rings. The third kappa shape index (κ3) is 83.8. The molecule has 0 heterocycles. The number of hydrogen-bond acceptors (Lipinski definition) is 15. The molecule has 5 atom stereocenters. The lowest BCUT2D eigenvalue weighted by molar-refractivity contribution is -0.161. The molecule has 17 nitrogen and oxygen atoms in total. The second-order valence-corrected chi connectivity index (χ2v) is 36.2. The first-order valence-electron chi connectivity index (χ1n) is 46.5. The van der Waals surface area contributed by atoms with E-state index in [9.17, 15) is 43.2 Å². The highest BCUT2D eigenvalue weighted by molar-refractivity contribution is 7.47. The highest BCUT2D eigenvalue weighted by Gasteiger charge is 2.31. The van der Waals surface area contributed by atoms with Crippen molar-refractivity contribution in [3.05, 3.63) is 0 Å². The highest BCUT2D eigenvalue weighted by atomic mass is 31.2. The average molecular weight is 1590 g/mol. The van der Waals surface area contributed by atoms with E-state index in [0.29, 0.717) is 25.7 Å². The van der Waals surface area contributed by atoms with E-state index in [-0.39, 0.29) is 25.7 Å². The van der Waals surface area contributed by atoms with E-state index >= 15 is 0 Å². The molecule has 0 bridgehead atoms. The molecular weight excluding hydrogens is 1410 g/mol. The summed E-state index contributed by atoms with van der Waals surface area (Å²) in [6.07, 6.45) is 75.0. The molecule has 0 saturated carbocycles. The van der Waals surface area contributed by atoms with Crippen molar-refractivity contribution in [2.24, 2.45) is 11.8 Å². The lowest BCUT2D eigenvalue weighted by atomic mass is 10.0. The van der Waals surface area contributed by atoms with Crippen LogP contribution in [0.4, 0.5) is 0 Å². The maximum Gasteiger partial charge on any atom is 0.472 e. The average Bonchev–Trinajstić information content (AvgIpc) is 0.899. The number of carbonyl (C=O) groups is 4. The maximum absolute atomic E-state index is 13.2. The van der Waals surface area contributed by atoms with Gasteiger partial charge in [0.2, 0.25) is 0 Å². The maximum atomic E-state index is 13.2. The second kappa shape index (κ2) is 81.2. The third-order valence-electron chi connectivity index (χ3n) is 21.2. The molecule has 0 saturated heterocycles. The smallest absolute Gasteiger partial charge is 0.462 e. The number of hydrogen-bond donors (Lipinski definition) is 3. The van der Waals surface area contributed by atoms with Gasteiger partial charge in [-0.05, 0) is 37.5 Å². The SMILES string of the molecule is CCCCCCCCCCCCCCCCCCCCC(=O)O[C@H](COC(=O)CCCCCCCCCCCCC)COP(=O)(O)OC[C@H](O)COP(=O)(O)OC[C@@H](COC(=O)CCCCCCCCCCCCCCCCCCC(C)C)OC(=O)CCCCCCCCCCCCCCCCCCCCC(C)C. The van der Waals surface area contributed by atoms with Crippen LogP contribution in [-0.2, 0) is 65.4 Å². The summed E-state index contributed by atoms with van der Waals surface area (Å²) in [4.78, 5) is 73.4. The Morgan fingerprint density at radius 3 is 0.624 bits per heavy atom. The number of ether oxygens (including phenoxy) is 4. The van der Waals surface area contributed by atoms with Gasteiger partial charge in [-0.25, -0.2) is 9.13 Å². The van der Waals surface area contributed by atoms with Crippen molar-refractivity contribution in [1.29, 1.82) is 0 Å². The van der Waals surface area contributed by atoms with Crippen LogP contribution < -0.4 is 0 Å². The third-order valence-corrected chi connectivity index (χ3v) is 23.1. The van der Waals surface area contributed by atoms with Crippen LogP contribution in [0.5, 0.6) is 0 Å². The van der Waals surface area contributed by atoms with E-state index in [1.165, 1.54) is 302 Å². The van der Waals surface area contributed by atoms with Gasteiger partial charge in [-0.2, -0.15) is 0 Å². The number of esters is 4. The van der Waals surface area contributed by atoms with Crippen molar-refractivity contribution in [3.8, 4) is 0 Å². The van der Waals surface area contributed by atoms with Gasteiger partial charge in [-0.3, -0.25) is 37.3 Å². The van der Waals surface area contributed by atoms with Crippen LogP contribution in [0.25, 0.3) is 0 Å². The summed E-state index contributed by atoms with van der Waals surface area (Å²) < 4.78 is 69.0. The molecule has 109 heavy (non-hydrogen) atoms.